The number of hydrogen-bond donors (Lipinski definition) is 1. The quantitative estimate of drug-likeness (QED) is 0.863. The minimum Gasteiger partial charge on any atom is -0.379 e. The molecule has 1 aliphatic rings. The molecule has 0 bridgehead atoms. The van der Waals surface area contributed by atoms with Gasteiger partial charge in [-0.1, -0.05) is 31.5 Å². The molecule has 6 heteroatoms. The summed E-state index contributed by atoms with van der Waals surface area (Å²) in [5.41, 5.74) is 0.249. The van der Waals surface area contributed by atoms with Gasteiger partial charge in [0.2, 0.25) is 5.91 Å². The van der Waals surface area contributed by atoms with Crippen molar-refractivity contribution in [3.63, 3.8) is 0 Å². The highest BCUT2D eigenvalue weighted by Gasteiger charge is 2.24. The minimum absolute atomic E-state index is 0.0422. The molecular weight excluding hydrogens is 319 g/mol. The molecule has 1 N–H and O–H groups in total. The van der Waals surface area contributed by atoms with Crippen LogP contribution in [-0.2, 0) is 16.0 Å². The second-order valence-electron chi connectivity index (χ2n) is 6.14. The standard InChI is InChI=1S/C17H24ClFN2O2/c1-12(2)16(21-6-8-23-9-7-21)11-20-17(22)10-13-14(18)4-3-5-15(13)19/h3-5,12,16H,6-11H2,1-2H3,(H,20,22). The topological polar surface area (TPSA) is 41.6 Å². The molecule has 2 rings (SSSR count). The average molecular weight is 343 g/mol. The van der Waals surface area contributed by atoms with E-state index in [-0.39, 0.29) is 29.0 Å². The molecule has 0 aromatic heterocycles. The van der Waals surface area contributed by atoms with Crippen LogP contribution in [0.2, 0.25) is 5.02 Å². The van der Waals surface area contributed by atoms with Crippen molar-refractivity contribution in [3.05, 3.63) is 34.6 Å². The van der Waals surface area contributed by atoms with Crippen LogP contribution in [0.5, 0.6) is 0 Å². The number of morpholine rings is 1. The van der Waals surface area contributed by atoms with E-state index in [0.717, 1.165) is 26.3 Å². The van der Waals surface area contributed by atoms with E-state index in [9.17, 15) is 9.18 Å². The molecule has 0 radical (unpaired) electrons. The molecule has 1 aliphatic heterocycles. The number of hydrogen-bond acceptors (Lipinski definition) is 3. The lowest BCUT2D eigenvalue weighted by atomic mass is 10.0. The maximum absolute atomic E-state index is 13.7. The van der Waals surface area contributed by atoms with E-state index in [0.29, 0.717) is 12.5 Å². The second-order valence-corrected chi connectivity index (χ2v) is 6.55. The van der Waals surface area contributed by atoms with Gasteiger partial charge in [0.15, 0.2) is 0 Å². The number of amides is 1. The number of rotatable bonds is 6. The first-order chi connectivity index (χ1) is 11.0. The molecule has 0 aliphatic carbocycles. The van der Waals surface area contributed by atoms with Gasteiger partial charge in [0.1, 0.15) is 5.82 Å². The van der Waals surface area contributed by atoms with Crippen molar-refractivity contribution in [2.75, 3.05) is 32.8 Å². The molecule has 0 spiro atoms. The Kier molecular flexibility index (Phi) is 6.81. The molecule has 4 nitrogen and oxygen atoms in total. The minimum atomic E-state index is -0.443. The maximum Gasteiger partial charge on any atom is 0.224 e. The van der Waals surface area contributed by atoms with Gasteiger partial charge in [-0.3, -0.25) is 9.69 Å². The number of carbonyl (C=O) groups excluding carboxylic acids is 1. The molecule has 1 atom stereocenters. The summed E-state index contributed by atoms with van der Waals surface area (Å²) in [6.07, 6.45) is -0.0422. The van der Waals surface area contributed by atoms with Crippen molar-refractivity contribution in [1.82, 2.24) is 10.2 Å². The van der Waals surface area contributed by atoms with Crippen LogP contribution in [0, 0.1) is 11.7 Å². The Bertz CT molecular complexity index is 513. The Morgan fingerprint density at radius 2 is 2.09 bits per heavy atom. The van der Waals surface area contributed by atoms with Gasteiger partial charge in [-0.25, -0.2) is 4.39 Å². The monoisotopic (exact) mass is 342 g/mol. The lowest BCUT2D eigenvalue weighted by Gasteiger charge is -2.36. The smallest absolute Gasteiger partial charge is 0.224 e. The molecule has 1 aromatic carbocycles. The van der Waals surface area contributed by atoms with E-state index < -0.39 is 5.82 Å². The Morgan fingerprint density at radius 3 is 2.70 bits per heavy atom. The van der Waals surface area contributed by atoms with Gasteiger partial charge in [0, 0.05) is 36.3 Å². The maximum atomic E-state index is 13.7. The zero-order chi connectivity index (χ0) is 16.8. The molecule has 1 aromatic rings. The van der Waals surface area contributed by atoms with Crippen LogP contribution in [0.3, 0.4) is 0 Å². The molecule has 0 saturated carbocycles. The Labute approximate surface area is 141 Å². The van der Waals surface area contributed by atoms with E-state index in [2.05, 4.69) is 24.1 Å². The summed E-state index contributed by atoms with van der Waals surface area (Å²) < 4.78 is 19.1. The second kappa shape index (κ2) is 8.62. The molecule has 1 saturated heterocycles. The van der Waals surface area contributed by atoms with E-state index in [1.54, 1.807) is 6.07 Å². The number of benzene rings is 1. The fourth-order valence-electron chi connectivity index (χ4n) is 2.84. The average Bonchev–Trinajstić information content (AvgIpc) is 2.52. The molecular formula is C17H24ClFN2O2. The normalized spacial score (nSPS) is 17.3. The zero-order valence-corrected chi connectivity index (χ0v) is 14.4. The molecule has 1 fully saturated rings. The van der Waals surface area contributed by atoms with Crippen LogP contribution in [0.4, 0.5) is 4.39 Å². The molecule has 1 unspecified atom stereocenters. The summed E-state index contributed by atoms with van der Waals surface area (Å²) in [5, 5.41) is 3.20. The number of nitrogens with zero attached hydrogens (tertiary/aromatic N) is 1. The van der Waals surface area contributed by atoms with Gasteiger partial charge in [0.25, 0.3) is 0 Å². The lowest BCUT2D eigenvalue weighted by Crippen LogP contribution is -2.51. The van der Waals surface area contributed by atoms with E-state index in [1.807, 2.05) is 0 Å². The van der Waals surface area contributed by atoms with Gasteiger partial charge in [-0.2, -0.15) is 0 Å². The summed E-state index contributed by atoms with van der Waals surface area (Å²) in [5.74, 6) is -0.248. The van der Waals surface area contributed by atoms with Crippen LogP contribution in [-0.4, -0.2) is 49.7 Å². The first-order valence-electron chi connectivity index (χ1n) is 8.00. The highest BCUT2D eigenvalue weighted by atomic mass is 35.5. The van der Waals surface area contributed by atoms with E-state index >= 15 is 0 Å². The number of ether oxygens (including phenoxy) is 1. The van der Waals surface area contributed by atoms with Gasteiger partial charge >= 0.3 is 0 Å². The van der Waals surface area contributed by atoms with Crippen molar-refractivity contribution in [2.45, 2.75) is 26.3 Å². The van der Waals surface area contributed by atoms with E-state index in [4.69, 9.17) is 16.3 Å². The fraction of sp³-hybridized carbons (Fsp3) is 0.588. The number of halogens is 2. The van der Waals surface area contributed by atoms with Gasteiger partial charge < -0.3 is 10.1 Å². The number of carbonyl (C=O) groups is 1. The van der Waals surface area contributed by atoms with Crippen molar-refractivity contribution in [3.8, 4) is 0 Å². The van der Waals surface area contributed by atoms with Gasteiger partial charge in [-0.15, -0.1) is 0 Å². The third-order valence-corrected chi connectivity index (χ3v) is 4.55. The summed E-state index contributed by atoms with van der Waals surface area (Å²) in [4.78, 5) is 14.5. The summed E-state index contributed by atoms with van der Waals surface area (Å²) in [6.45, 7) is 8.02. The third kappa shape index (κ3) is 5.16. The van der Waals surface area contributed by atoms with Crippen LogP contribution in [0.1, 0.15) is 19.4 Å². The van der Waals surface area contributed by atoms with Crippen LogP contribution in [0.15, 0.2) is 18.2 Å². The Hall–Kier alpha value is -1.17. The van der Waals surface area contributed by atoms with Crippen molar-refractivity contribution in [2.24, 2.45) is 5.92 Å². The number of nitrogens with one attached hydrogen (secondary N) is 1. The van der Waals surface area contributed by atoms with E-state index in [1.165, 1.54) is 12.1 Å². The zero-order valence-electron chi connectivity index (χ0n) is 13.6. The van der Waals surface area contributed by atoms with Crippen molar-refractivity contribution >= 4 is 17.5 Å². The summed E-state index contributed by atoms with van der Waals surface area (Å²) >= 11 is 5.97. The fourth-order valence-corrected chi connectivity index (χ4v) is 3.07. The van der Waals surface area contributed by atoms with Gasteiger partial charge in [-0.05, 0) is 18.1 Å². The SMILES string of the molecule is CC(C)C(CNC(=O)Cc1c(F)cccc1Cl)N1CCOCC1. The Balaban J connectivity index is 1.91. The predicted molar refractivity (Wildman–Crippen MR) is 89.1 cm³/mol. The largest absolute Gasteiger partial charge is 0.379 e. The Morgan fingerprint density at radius 1 is 1.39 bits per heavy atom. The van der Waals surface area contributed by atoms with Crippen LogP contribution in [0.25, 0.3) is 0 Å². The van der Waals surface area contributed by atoms with Crippen LogP contribution < -0.4 is 5.32 Å². The molecule has 1 heterocycles. The summed E-state index contributed by atoms with van der Waals surface area (Å²) in [6, 6.07) is 4.70. The third-order valence-electron chi connectivity index (χ3n) is 4.19. The molecule has 1 amide bonds. The van der Waals surface area contributed by atoms with Gasteiger partial charge in [0.05, 0.1) is 19.6 Å². The lowest BCUT2D eigenvalue weighted by molar-refractivity contribution is -0.120. The van der Waals surface area contributed by atoms with Crippen molar-refractivity contribution in [1.29, 1.82) is 0 Å². The highest BCUT2D eigenvalue weighted by molar-refractivity contribution is 6.31. The first kappa shape index (κ1) is 18.2. The summed E-state index contributed by atoms with van der Waals surface area (Å²) in [7, 11) is 0. The molecule has 128 valence electrons. The first-order valence-corrected chi connectivity index (χ1v) is 8.38. The molecule has 23 heavy (non-hydrogen) atoms. The highest BCUT2D eigenvalue weighted by Crippen LogP contribution is 2.19. The van der Waals surface area contributed by atoms with Crippen molar-refractivity contribution < 1.29 is 13.9 Å². The predicted octanol–water partition coefficient (Wildman–Crippen LogP) is 2.49. The van der Waals surface area contributed by atoms with Crippen LogP contribution >= 0.6 is 11.6 Å².